The maximum atomic E-state index is 6.08. The van der Waals surface area contributed by atoms with Gasteiger partial charge in [0.1, 0.15) is 0 Å². The van der Waals surface area contributed by atoms with E-state index < -0.39 is 0 Å². The highest BCUT2D eigenvalue weighted by molar-refractivity contribution is 7.98. The Morgan fingerprint density at radius 1 is 1.28 bits per heavy atom. The van der Waals surface area contributed by atoms with Crippen molar-refractivity contribution >= 4 is 23.4 Å². The Morgan fingerprint density at radius 3 is 2.67 bits per heavy atom. The number of nitrogens with one attached hydrogen (secondary N) is 1. The van der Waals surface area contributed by atoms with Gasteiger partial charge in [-0.2, -0.15) is 11.8 Å². The van der Waals surface area contributed by atoms with E-state index in [0.29, 0.717) is 11.8 Å². The summed E-state index contributed by atoms with van der Waals surface area (Å²) in [6.07, 6.45) is 3.36. The van der Waals surface area contributed by atoms with E-state index in [-0.39, 0.29) is 0 Å². The van der Waals surface area contributed by atoms with Crippen molar-refractivity contribution in [3.05, 3.63) is 34.9 Å². The first-order chi connectivity index (χ1) is 8.63. The van der Waals surface area contributed by atoms with Crippen LogP contribution in [0.4, 0.5) is 0 Å². The van der Waals surface area contributed by atoms with Gasteiger partial charge in [-0.1, -0.05) is 37.6 Å². The summed E-state index contributed by atoms with van der Waals surface area (Å²) in [7, 11) is 0. The van der Waals surface area contributed by atoms with Gasteiger partial charge in [0.15, 0.2) is 0 Å². The summed E-state index contributed by atoms with van der Waals surface area (Å²) in [4.78, 5) is 0. The van der Waals surface area contributed by atoms with Crippen molar-refractivity contribution in [2.75, 3.05) is 25.1 Å². The van der Waals surface area contributed by atoms with E-state index in [2.05, 4.69) is 37.6 Å². The molecule has 1 aromatic rings. The molecule has 18 heavy (non-hydrogen) atoms. The van der Waals surface area contributed by atoms with Crippen molar-refractivity contribution in [1.29, 1.82) is 0 Å². The van der Waals surface area contributed by atoms with Crippen LogP contribution in [0.5, 0.6) is 0 Å². The van der Waals surface area contributed by atoms with Crippen LogP contribution in [0.2, 0.25) is 5.02 Å². The monoisotopic (exact) mass is 285 g/mol. The standard InChI is InChI=1S/C15H24ClNS/c1-12(2)10-17-11-14(7-8-18-3)13-5-4-6-15(16)9-13/h4-6,9,12,14,17H,7-8,10-11H2,1-3H3. The van der Waals surface area contributed by atoms with Gasteiger partial charge in [0.25, 0.3) is 0 Å². The highest BCUT2D eigenvalue weighted by atomic mass is 35.5. The van der Waals surface area contributed by atoms with Crippen LogP contribution in [0.15, 0.2) is 24.3 Å². The third-order valence-corrected chi connectivity index (χ3v) is 3.81. The largest absolute Gasteiger partial charge is 0.316 e. The smallest absolute Gasteiger partial charge is 0.0408 e. The summed E-state index contributed by atoms with van der Waals surface area (Å²) in [5.41, 5.74) is 1.35. The quantitative estimate of drug-likeness (QED) is 0.759. The van der Waals surface area contributed by atoms with Crippen molar-refractivity contribution in [1.82, 2.24) is 5.32 Å². The lowest BCUT2D eigenvalue weighted by atomic mass is 9.96. The zero-order valence-corrected chi connectivity index (χ0v) is 13.2. The fourth-order valence-electron chi connectivity index (χ4n) is 1.95. The lowest BCUT2D eigenvalue weighted by molar-refractivity contribution is 0.511. The average Bonchev–Trinajstić information content (AvgIpc) is 2.33. The molecule has 1 atom stereocenters. The SMILES string of the molecule is CSCCC(CNCC(C)C)c1cccc(Cl)c1. The summed E-state index contributed by atoms with van der Waals surface area (Å²) in [5, 5.41) is 4.40. The molecule has 0 aromatic heterocycles. The molecule has 0 radical (unpaired) electrons. The third-order valence-electron chi connectivity index (χ3n) is 2.93. The maximum Gasteiger partial charge on any atom is 0.0408 e. The number of rotatable bonds is 8. The molecule has 0 spiro atoms. The van der Waals surface area contributed by atoms with Gasteiger partial charge < -0.3 is 5.32 Å². The first kappa shape index (κ1) is 15.9. The molecule has 1 N–H and O–H groups in total. The van der Waals surface area contributed by atoms with E-state index in [0.717, 1.165) is 18.1 Å². The lowest BCUT2D eigenvalue weighted by Gasteiger charge is -2.19. The summed E-state index contributed by atoms with van der Waals surface area (Å²) in [5.74, 6) is 2.46. The molecule has 1 rings (SSSR count). The van der Waals surface area contributed by atoms with E-state index >= 15 is 0 Å². The molecule has 102 valence electrons. The van der Waals surface area contributed by atoms with Crippen LogP contribution in [0, 0.1) is 5.92 Å². The van der Waals surface area contributed by atoms with Crippen molar-refractivity contribution in [2.24, 2.45) is 5.92 Å². The van der Waals surface area contributed by atoms with Crippen LogP contribution in [-0.2, 0) is 0 Å². The topological polar surface area (TPSA) is 12.0 Å². The number of benzene rings is 1. The van der Waals surface area contributed by atoms with Crippen LogP contribution >= 0.6 is 23.4 Å². The average molecular weight is 286 g/mol. The van der Waals surface area contributed by atoms with Crippen LogP contribution in [0.3, 0.4) is 0 Å². The molecular formula is C15H24ClNS. The fourth-order valence-corrected chi connectivity index (χ4v) is 2.67. The predicted molar refractivity (Wildman–Crippen MR) is 84.9 cm³/mol. The third kappa shape index (κ3) is 6.12. The Bertz CT molecular complexity index is 341. The molecule has 0 fully saturated rings. The molecule has 0 amide bonds. The molecule has 0 aliphatic carbocycles. The highest BCUT2D eigenvalue weighted by Crippen LogP contribution is 2.23. The molecule has 1 unspecified atom stereocenters. The van der Waals surface area contributed by atoms with E-state index in [1.807, 2.05) is 23.9 Å². The molecule has 0 aliphatic rings. The molecule has 1 aromatic carbocycles. The van der Waals surface area contributed by atoms with E-state index in [1.165, 1.54) is 17.7 Å². The van der Waals surface area contributed by atoms with Gasteiger partial charge in [0.2, 0.25) is 0 Å². The Morgan fingerprint density at radius 2 is 2.06 bits per heavy atom. The van der Waals surface area contributed by atoms with Crippen molar-refractivity contribution in [3.63, 3.8) is 0 Å². The minimum absolute atomic E-state index is 0.565. The minimum atomic E-state index is 0.565. The highest BCUT2D eigenvalue weighted by Gasteiger charge is 2.11. The Labute approximate surface area is 121 Å². The zero-order chi connectivity index (χ0) is 13.4. The second kappa shape index (κ2) is 8.84. The predicted octanol–water partition coefficient (Wildman–Crippen LogP) is 4.42. The van der Waals surface area contributed by atoms with Gasteiger partial charge in [-0.05, 0) is 54.5 Å². The van der Waals surface area contributed by atoms with Crippen LogP contribution in [-0.4, -0.2) is 25.1 Å². The zero-order valence-electron chi connectivity index (χ0n) is 11.6. The number of halogens is 1. The van der Waals surface area contributed by atoms with Crippen LogP contribution < -0.4 is 5.32 Å². The van der Waals surface area contributed by atoms with Crippen molar-refractivity contribution in [2.45, 2.75) is 26.2 Å². The van der Waals surface area contributed by atoms with Crippen LogP contribution in [0.1, 0.15) is 31.7 Å². The van der Waals surface area contributed by atoms with E-state index in [1.54, 1.807) is 0 Å². The number of hydrogen-bond acceptors (Lipinski definition) is 2. The Kier molecular flexibility index (Phi) is 7.80. The van der Waals surface area contributed by atoms with E-state index in [9.17, 15) is 0 Å². The Balaban J connectivity index is 2.59. The van der Waals surface area contributed by atoms with Gasteiger partial charge in [0, 0.05) is 11.6 Å². The molecule has 1 nitrogen and oxygen atoms in total. The van der Waals surface area contributed by atoms with Crippen molar-refractivity contribution < 1.29 is 0 Å². The molecular weight excluding hydrogens is 262 g/mol. The molecule has 0 heterocycles. The number of hydrogen-bond donors (Lipinski definition) is 1. The molecule has 3 heteroatoms. The molecule has 0 aliphatic heterocycles. The number of thioether (sulfide) groups is 1. The van der Waals surface area contributed by atoms with Gasteiger partial charge in [-0.25, -0.2) is 0 Å². The van der Waals surface area contributed by atoms with Gasteiger partial charge in [0.05, 0.1) is 0 Å². The minimum Gasteiger partial charge on any atom is -0.316 e. The van der Waals surface area contributed by atoms with Gasteiger partial charge in [-0.15, -0.1) is 0 Å². The molecule has 0 bridgehead atoms. The second-order valence-corrected chi connectivity index (χ2v) is 6.51. The second-order valence-electron chi connectivity index (χ2n) is 5.09. The van der Waals surface area contributed by atoms with Crippen LogP contribution in [0.25, 0.3) is 0 Å². The summed E-state index contributed by atoms with van der Waals surface area (Å²) < 4.78 is 0. The first-order valence-corrected chi connectivity index (χ1v) is 8.35. The summed E-state index contributed by atoms with van der Waals surface area (Å²) >= 11 is 7.99. The molecule has 0 saturated heterocycles. The summed E-state index contributed by atoms with van der Waals surface area (Å²) in [6, 6.07) is 8.28. The fraction of sp³-hybridized carbons (Fsp3) is 0.600. The maximum absolute atomic E-state index is 6.08. The Hall–Kier alpha value is -0.180. The normalized spacial score (nSPS) is 12.9. The lowest BCUT2D eigenvalue weighted by Crippen LogP contribution is -2.25. The van der Waals surface area contributed by atoms with Gasteiger partial charge >= 0.3 is 0 Å². The first-order valence-electron chi connectivity index (χ1n) is 6.58. The molecule has 0 saturated carbocycles. The van der Waals surface area contributed by atoms with Crippen molar-refractivity contribution in [3.8, 4) is 0 Å². The summed E-state index contributed by atoms with van der Waals surface area (Å²) in [6.45, 7) is 6.60. The van der Waals surface area contributed by atoms with Gasteiger partial charge in [-0.3, -0.25) is 0 Å². The van der Waals surface area contributed by atoms with E-state index in [4.69, 9.17) is 11.6 Å².